The lowest BCUT2D eigenvalue weighted by atomic mass is 9.89. The van der Waals surface area contributed by atoms with Crippen molar-refractivity contribution in [2.45, 2.75) is 90.5 Å². The average Bonchev–Trinajstić information content (AvgIpc) is 2.76. The molecule has 1 atom stereocenters. The molecule has 0 aromatic carbocycles. The highest BCUT2D eigenvalue weighted by molar-refractivity contribution is 6.23. The van der Waals surface area contributed by atoms with Crippen LogP contribution in [0.2, 0.25) is 0 Å². The number of nitrogens with two attached hydrogens (primary N) is 1. The van der Waals surface area contributed by atoms with E-state index in [-0.39, 0.29) is 29.1 Å². The number of carbonyl (C=O) groups excluding carboxylic acids is 3. The summed E-state index contributed by atoms with van der Waals surface area (Å²) in [4.78, 5) is 36.5. The number of hydrogen-bond acceptors (Lipinski definition) is 7. The number of ketones is 2. The molecule has 1 aliphatic carbocycles. The van der Waals surface area contributed by atoms with Crippen LogP contribution in [0.25, 0.3) is 0 Å². The van der Waals surface area contributed by atoms with Gasteiger partial charge < -0.3 is 19.9 Å². The zero-order chi connectivity index (χ0) is 23.2. The fourth-order valence-corrected chi connectivity index (χ4v) is 3.67. The summed E-state index contributed by atoms with van der Waals surface area (Å²) in [5, 5.41) is 0. The van der Waals surface area contributed by atoms with E-state index >= 15 is 0 Å². The van der Waals surface area contributed by atoms with Crippen LogP contribution < -0.4 is 5.73 Å². The van der Waals surface area contributed by atoms with Gasteiger partial charge in [0.25, 0.3) is 0 Å². The van der Waals surface area contributed by atoms with E-state index in [1.165, 1.54) is 14.2 Å². The van der Waals surface area contributed by atoms with Gasteiger partial charge in [0.05, 0.1) is 20.8 Å². The molecule has 0 amide bonds. The average molecular weight is 438 g/mol. The molecular weight excluding hydrogens is 398 g/mol. The molecule has 7 nitrogen and oxygen atoms in total. The van der Waals surface area contributed by atoms with E-state index in [1.807, 2.05) is 6.92 Å². The highest BCUT2D eigenvalue weighted by Crippen LogP contribution is 2.28. The molecule has 0 heterocycles. The number of esters is 1. The SMILES string of the molecule is CCCC(N)C(=O)OCCCCCCCCCCC1=C(C)C(=O)C(OC)=C(OC)C1=O. The van der Waals surface area contributed by atoms with Gasteiger partial charge in [-0.05, 0) is 32.6 Å². The van der Waals surface area contributed by atoms with E-state index in [0.29, 0.717) is 30.6 Å². The molecule has 0 aliphatic heterocycles. The molecule has 0 spiro atoms. The summed E-state index contributed by atoms with van der Waals surface area (Å²) in [6, 6.07) is -0.495. The van der Waals surface area contributed by atoms with E-state index in [1.54, 1.807) is 6.92 Å². The summed E-state index contributed by atoms with van der Waals surface area (Å²) in [5.41, 5.74) is 6.71. The zero-order valence-electron chi connectivity index (χ0n) is 19.6. The Balaban J connectivity index is 2.15. The molecule has 0 saturated carbocycles. The van der Waals surface area contributed by atoms with Gasteiger partial charge in [-0.1, -0.05) is 51.9 Å². The highest BCUT2D eigenvalue weighted by atomic mass is 16.5. The molecule has 176 valence electrons. The van der Waals surface area contributed by atoms with Crippen molar-refractivity contribution in [2.75, 3.05) is 20.8 Å². The van der Waals surface area contributed by atoms with Crippen LogP contribution in [-0.2, 0) is 28.6 Å². The van der Waals surface area contributed by atoms with Crippen LogP contribution in [0.5, 0.6) is 0 Å². The minimum atomic E-state index is -0.495. The predicted octanol–water partition coefficient (Wildman–Crippen LogP) is 4.14. The van der Waals surface area contributed by atoms with E-state index in [4.69, 9.17) is 19.9 Å². The topological polar surface area (TPSA) is 105 Å². The van der Waals surface area contributed by atoms with Crippen LogP contribution in [-0.4, -0.2) is 44.4 Å². The summed E-state index contributed by atoms with van der Waals surface area (Å²) in [6.45, 7) is 4.11. The van der Waals surface area contributed by atoms with Gasteiger partial charge in [-0.2, -0.15) is 0 Å². The quantitative estimate of drug-likeness (QED) is 0.220. The standard InChI is InChI=1S/C24H39NO6/c1-5-14-19(25)24(28)31-16-13-11-9-7-6-8-10-12-15-18-17(2)20(26)22(29-3)23(30-4)21(18)27/h19H,5-16,25H2,1-4H3. The van der Waals surface area contributed by atoms with Crippen LogP contribution in [0.1, 0.15) is 84.5 Å². The lowest BCUT2D eigenvalue weighted by Gasteiger charge is -2.20. The molecule has 0 radical (unpaired) electrons. The van der Waals surface area contributed by atoms with Crippen LogP contribution in [0.3, 0.4) is 0 Å². The monoisotopic (exact) mass is 437 g/mol. The van der Waals surface area contributed by atoms with Gasteiger partial charge in [0.1, 0.15) is 6.04 Å². The maximum Gasteiger partial charge on any atom is 0.322 e. The summed E-state index contributed by atoms with van der Waals surface area (Å²) in [5.74, 6) is -0.810. The normalized spacial score (nSPS) is 15.4. The lowest BCUT2D eigenvalue weighted by Crippen LogP contribution is -2.32. The molecular formula is C24H39NO6. The first-order valence-electron chi connectivity index (χ1n) is 11.4. The Hall–Kier alpha value is -2.15. The summed E-state index contributed by atoms with van der Waals surface area (Å²) in [7, 11) is 2.75. The second-order valence-corrected chi connectivity index (χ2v) is 7.97. The number of rotatable bonds is 16. The van der Waals surface area contributed by atoms with E-state index in [2.05, 4.69) is 0 Å². The number of allylic oxidation sites excluding steroid dienone is 2. The first-order chi connectivity index (χ1) is 14.9. The smallest absolute Gasteiger partial charge is 0.322 e. The first-order valence-corrected chi connectivity index (χ1v) is 11.4. The number of carbonyl (C=O) groups is 3. The van der Waals surface area contributed by atoms with Crippen molar-refractivity contribution in [1.29, 1.82) is 0 Å². The second kappa shape index (κ2) is 14.8. The third kappa shape index (κ3) is 8.48. The summed E-state index contributed by atoms with van der Waals surface area (Å²) in [6.07, 6.45) is 10.3. The first kappa shape index (κ1) is 26.9. The van der Waals surface area contributed by atoms with Gasteiger partial charge in [-0.3, -0.25) is 14.4 Å². The van der Waals surface area contributed by atoms with Gasteiger partial charge in [-0.15, -0.1) is 0 Å². The van der Waals surface area contributed by atoms with E-state index in [9.17, 15) is 14.4 Å². The van der Waals surface area contributed by atoms with E-state index < -0.39 is 6.04 Å². The maximum atomic E-state index is 12.6. The Morgan fingerprint density at radius 1 is 0.871 bits per heavy atom. The van der Waals surface area contributed by atoms with Crippen LogP contribution in [0.15, 0.2) is 22.7 Å². The van der Waals surface area contributed by atoms with Crippen molar-refractivity contribution in [2.24, 2.45) is 5.73 Å². The van der Waals surface area contributed by atoms with Crippen molar-refractivity contribution >= 4 is 17.5 Å². The minimum Gasteiger partial charge on any atom is -0.489 e. The molecule has 0 bridgehead atoms. The Morgan fingerprint density at radius 3 is 1.94 bits per heavy atom. The van der Waals surface area contributed by atoms with Gasteiger partial charge in [0.2, 0.25) is 23.1 Å². The van der Waals surface area contributed by atoms with Crippen molar-refractivity contribution < 1.29 is 28.6 Å². The number of ether oxygens (including phenoxy) is 3. The lowest BCUT2D eigenvalue weighted by molar-refractivity contribution is -0.145. The zero-order valence-corrected chi connectivity index (χ0v) is 19.6. The maximum absolute atomic E-state index is 12.6. The Kier molecular flexibility index (Phi) is 12.8. The molecule has 0 fully saturated rings. The second-order valence-electron chi connectivity index (χ2n) is 7.97. The van der Waals surface area contributed by atoms with Crippen LogP contribution in [0, 0.1) is 0 Å². The van der Waals surface area contributed by atoms with Crippen molar-refractivity contribution in [3.05, 3.63) is 22.7 Å². The number of unbranched alkanes of at least 4 members (excludes halogenated alkanes) is 7. The molecule has 7 heteroatoms. The van der Waals surface area contributed by atoms with Crippen molar-refractivity contribution in [3.8, 4) is 0 Å². The number of hydrogen-bond donors (Lipinski definition) is 1. The molecule has 0 saturated heterocycles. The summed E-state index contributed by atoms with van der Waals surface area (Å²) < 4.78 is 15.3. The Labute approximate surface area is 186 Å². The van der Waals surface area contributed by atoms with Crippen LogP contribution >= 0.6 is 0 Å². The van der Waals surface area contributed by atoms with Crippen molar-refractivity contribution in [1.82, 2.24) is 0 Å². The Morgan fingerprint density at radius 2 is 1.39 bits per heavy atom. The van der Waals surface area contributed by atoms with Gasteiger partial charge >= 0.3 is 5.97 Å². The number of methoxy groups -OCH3 is 2. The third-order valence-electron chi connectivity index (χ3n) is 5.56. The molecule has 1 rings (SSSR count). The van der Waals surface area contributed by atoms with Gasteiger partial charge in [-0.25, -0.2) is 0 Å². The number of Topliss-reactive ketones (excluding diaryl/α,β-unsaturated/α-hetero) is 2. The predicted molar refractivity (Wildman–Crippen MR) is 119 cm³/mol. The van der Waals surface area contributed by atoms with E-state index in [0.717, 1.165) is 57.8 Å². The minimum absolute atomic E-state index is 0.00567. The molecule has 2 N–H and O–H groups in total. The molecule has 31 heavy (non-hydrogen) atoms. The van der Waals surface area contributed by atoms with Gasteiger partial charge in [0, 0.05) is 11.1 Å². The Bertz CT molecular complexity index is 680. The fourth-order valence-electron chi connectivity index (χ4n) is 3.67. The van der Waals surface area contributed by atoms with Crippen LogP contribution in [0.4, 0.5) is 0 Å². The molecule has 0 aromatic heterocycles. The van der Waals surface area contributed by atoms with Gasteiger partial charge in [0.15, 0.2) is 0 Å². The molecule has 0 aromatic rings. The highest BCUT2D eigenvalue weighted by Gasteiger charge is 2.34. The molecule has 1 aliphatic rings. The van der Waals surface area contributed by atoms with Crippen molar-refractivity contribution in [3.63, 3.8) is 0 Å². The summed E-state index contributed by atoms with van der Waals surface area (Å²) >= 11 is 0. The molecule has 1 unspecified atom stereocenters. The fraction of sp³-hybridized carbons (Fsp3) is 0.708. The largest absolute Gasteiger partial charge is 0.489 e. The third-order valence-corrected chi connectivity index (χ3v) is 5.56.